The van der Waals surface area contributed by atoms with E-state index in [1.54, 1.807) is 29.8 Å². The zero-order valence-corrected chi connectivity index (χ0v) is 17.4. The Morgan fingerprint density at radius 2 is 1.96 bits per heavy atom. The molecule has 0 spiro atoms. The number of rotatable bonds is 7. The van der Waals surface area contributed by atoms with E-state index < -0.39 is 0 Å². The molecule has 0 unspecified atom stereocenters. The third kappa shape index (κ3) is 4.03. The molecular weight excluding hydrogens is 382 g/mol. The van der Waals surface area contributed by atoms with Gasteiger partial charge in [0.2, 0.25) is 0 Å². The number of hydrogen-bond donors (Lipinski definition) is 1. The highest BCUT2D eigenvalue weighted by Crippen LogP contribution is 2.31. The standard InChI is InChI=1S/C20H24ClN3O2S/c1-4-24(5-2)10-6-9-22-19(25)17-12-15-18(27-17)14-8-7-13(21)11-16(14)23(3)20(15)26/h7-8,11-12H,4-6,9-10H2,1-3H3,(H,22,25). The number of pyridine rings is 1. The number of carbonyl (C=O) groups is 1. The molecule has 0 aliphatic rings. The lowest BCUT2D eigenvalue weighted by Crippen LogP contribution is -2.29. The smallest absolute Gasteiger partial charge is 0.261 e. The van der Waals surface area contributed by atoms with Gasteiger partial charge in [-0.1, -0.05) is 25.4 Å². The molecule has 1 N–H and O–H groups in total. The average molecular weight is 406 g/mol. The fourth-order valence-corrected chi connectivity index (χ4v) is 4.52. The first kappa shape index (κ1) is 19.9. The van der Waals surface area contributed by atoms with E-state index >= 15 is 0 Å². The maximum Gasteiger partial charge on any atom is 0.261 e. The summed E-state index contributed by atoms with van der Waals surface area (Å²) in [5.74, 6) is -0.125. The lowest BCUT2D eigenvalue weighted by atomic mass is 10.1. The third-order valence-electron chi connectivity index (χ3n) is 4.89. The van der Waals surface area contributed by atoms with Gasteiger partial charge < -0.3 is 14.8 Å². The van der Waals surface area contributed by atoms with E-state index in [4.69, 9.17) is 11.6 Å². The number of halogens is 1. The van der Waals surface area contributed by atoms with Crippen LogP contribution in [0.25, 0.3) is 21.0 Å². The number of nitrogens with zero attached hydrogens (tertiary/aromatic N) is 2. The van der Waals surface area contributed by atoms with Crippen molar-refractivity contribution in [2.45, 2.75) is 20.3 Å². The quantitative estimate of drug-likeness (QED) is 0.607. The van der Waals surface area contributed by atoms with Gasteiger partial charge >= 0.3 is 0 Å². The van der Waals surface area contributed by atoms with Crippen molar-refractivity contribution in [3.63, 3.8) is 0 Å². The minimum Gasteiger partial charge on any atom is -0.351 e. The van der Waals surface area contributed by atoms with Crippen LogP contribution >= 0.6 is 22.9 Å². The van der Waals surface area contributed by atoms with Crippen LogP contribution in [0.15, 0.2) is 29.1 Å². The first-order valence-corrected chi connectivity index (χ1v) is 10.4. The van der Waals surface area contributed by atoms with Gasteiger partial charge in [0.1, 0.15) is 0 Å². The molecule has 0 aliphatic heterocycles. The number of benzene rings is 1. The molecule has 2 aromatic heterocycles. The highest BCUT2D eigenvalue weighted by Gasteiger charge is 2.16. The summed E-state index contributed by atoms with van der Waals surface area (Å²) in [6.45, 7) is 7.89. The number of amides is 1. The van der Waals surface area contributed by atoms with Crippen molar-refractivity contribution < 1.29 is 4.79 Å². The van der Waals surface area contributed by atoms with Crippen molar-refractivity contribution in [2.75, 3.05) is 26.2 Å². The van der Waals surface area contributed by atoms with Gasteiger partial charge in [0, 0.05) is 28.7 Å². The Hall–Kier alpha value is -1.89. The number of carbonyl (C=O) groups excluding carboxylic acids is 1. The van der Waals surface area contributed by atoms with E-state index in [1.165, 1.54) is 11.3 Å². The summed E-state index contributed by atoms with van der Waals surface area (Å²) in [7, 11) is 1.73. The van der Waals surface area contributed by atoms with Gasteiger partial charge in [-0.25, -0.2) is 0 Å². The minimum atomic E-state index is -0.125. The Balaban J connectivity index is 1.84. The van der Waals surface area contributed by atoms with E-state index in [9.17, 15) is 9.59 Å². The fourth-order valence-electron chi connectivity index (χ4n) is 3.26. The third-order valence-corrected chi connectivity index (χ3v) is 6.29. The number of fused-ring (bicyclic) bond motifs is 3. The Bertz CT molecular complexity index is 1040. The van der Waals surface area contributed by atoms with Gasteiger partial charge in [-0.3, -0.25) is 9.59 Å². The Kier molecular flexibility index (Phi) is 6.19. The van der Waals surface area contributed by atoms with E-state index in [2.05, 4.69) is 24.1 Å². The predicted octanol–water partition coefficient (Wildman–Crippen LogP) is 3.87. The largest absolute Gasteiger partial charge is 0.351 e. The summed E-state index contributed by atoms with van der Waals surface area (Å²) in [4.78, 5) is 28.1. The SMILES string of the molecule is CCN(CC)CCCNC(=O)c1cc2c(=O)n(C)c3cc(Cl)ccc3c2s1. The van der Waals surface area contributed by atoms with Crippen molar-refractivity contribution in [1.82, 2.24) is 14.8 Å². The molecule has 0 saturated heterocycles. The van der Waals surface area contributed by atoms with E-state index in [0.717, 1.165) is 41.7 Å². The summed E-state index contributed by atoms with van der Waals surface area (Å²) < 4.78 is 2.42. The summed E-state index contributed by atoms with van der Waals surface area (Å²) in [5.41, 5.74) is 0.657. The maximum atomic E-state index is 12.7. The molecule has 1 amide bonds. The first-order chi connectivity index (χ1) is 13.0. The van der Waals surface area contributed by atoms with E-state index in [1.807, 2.05) is 6.07 Å². The molecule has 0 saturated carbocycles. The lowest BCUT2D eigenvalue weighted by Gasteiger charge is -2.17. The summed E-state index contributed by atoms with van der Waals surface area (Å²) >= 11 is 7.44. The van der Waals surface area contributed by atoms with Crippen LogP contribution in [0.1, 0.15) is 29.9 Å². The zero-order valence-electron chi connectivity index (χ0n) is 15.8. The van der Waals surface area contributed by atoms with Crippen LogP contribution in [0.5, 0.6) is 0 Å². The van der Waals surface area contributed by atoms with Gasteiger partial charge in [-0.2, -0.15) is 0 Å². The van der Waals surface area contributed by atoms with Gasteiger partial charge in [0.25, 0.3) is 11.5 Å². The maximum absolute atomic E-state index is 12.7. The van der Waals surface area contributed by atoms with Crippen molar-refractivity contribution in [1.29, 1.82) is 0 Å². The molecule has 5 nitrogen and oxygen atoms in total. The molecule has 2 heterocycles. The molecule has 27 heavy (non-hydrogen) atoms. The molecule has 0 fully saturated rings. The second kappa shape index (κ2) is 8.42. The first-order valence-electron chi connectivity index (χ1n) is 9.18. The van der Waals surface area contributed by atoms with Crippen LogP contribution in [0.2, 0.25) is 5.02 Å². The molecule has 144 valence electrons. The Morgan fingerprint density at radius 1 is 1.22 bits per heavy atom. The average Bonchev–Trinajstić information content (AvgIpc) is 3.12. The van der Waals surface area contributed by atoms with Crippen LogP contribution < -0.4 is 10.9 Å². The van der Waals surface area contributed by atoms with Crippen molar-refractivity contribution in [2.24, 2.45) is 7.05 Å². The van der Waals surface area contributed by atoms with Gasteiger partial charge in [-0.05, 0) is 50.3 Å². The number of aromatic nitrogens is 1. The van der Waals surface area contributed by atoms with Crippen molar-refractivity contribution in [3.05, 3.63) is 44.5 Å². The number of nitrogens with one attached hydrogen (secondary N) is 1. The van der Waals surface area contributed by atoms with E-state index in [0.29, 0.717) is 21.8 Å². The number of thiophene rings is 1. The molecular formula is C20H24ClN3O2S. The molecule has 0 aliphatic carbocycles. The number of hydrogen-bond acceptors (Lipinski definition) is 4. The summed E-state index contributed by atoms with van der Waals surface area (Å²) in [5, 5.41) is 5.06. The van der Waals surface area contributed by atoms with Crippen LogP contribution in [-0.4, -0.2) is 41.6 Å². The van der Waals surface area contributed by atoms with Gasteiger partial charge in [0.05, 0.1) is 15.8 Å². The van der Waals surface area contributed by atoms with Crippen molar-refractivity contribution >= 4 is 49.8 Å². The summed E-state index contributed by atoms with van der Waals surface area (Å²) in [6, 6.07) is 7.20. The Labute approximate surface area is 167 Å². The molecule has 0 bridgehead atoms. The highest BCUT2D eigenvalue weighted by atomic mass is 35.5. The molecule has 0 radical (unpaired) electrons. The molecule has 3 rings (SSSR count). The van der Waals surface area contributed by atoms with Crippen LogP contribution in [-0.2, 0) is 7.05 Å². The molecule has 1 aromatic carbocycles. The second-order valence-electron chi connectivity index (χ2n) is 6.52. The van der Waals surface area contributed by atoms with Gasteiger partial charge in [0.15, 0.2) is 0 Å². The van der Waals surface area contributed by atoms with Gasteiger partial charge in [-0.15, -0.1) is 11.3 Å². The van der Waals surface area contributed by atoms with Crippen LogP contribution in [0, 0.1) is 0 Å². The summed E-state index contributed by atoms with van der Waals surface area (Å²) in [6.07, 6.45) is 0.904. The highest BCUT2D eigenvalue weighted by molar-refractivity contribution is 7.21. The minimum absolute atomic E-state index is 0.114. The molecule has 0 atom stereocenters. The predicted molar refractivity (Wildman–Crippen MR) is 114 cm³/mol. The second-order valence-corrected chi connectivity index (χ2v) is 8.00. The zero-order chi connectivity index (χ0) is 19.6. The van der Waals surface area contributed by atoms with E-state index in [-0.39, 0.29) is 11.5 Å². The number of aryl methyl sites for hydroxylation is 1. The molecule has 7 heteroatoms. The topological polar surface area (TPSA) is 54.3 Å². The molecule has 3 aromatic rings. The fraction of sp³-hybridized carbons (Fsp3) is 0.400. The normalized spacial score (nSPS) is 11.6. The Morgan fingerprint density at radius 3 is 2.67 bits per heavy atom. The van der Waals surface area contributed by atoms with Crippen LogP contribution in [0.3, 0.4) is 0 Å². The van der Waals surface area contributed by atoms with Crippen molar-refractivity contribution in [3.8, 4) is 0 Å². The lowest BCUT2D eigenvalue weighted by molar-refractivity contribution is 0.0956. The monoisotopic (exact) mass is 405 g/mol. The van der Waals surface area contributed by atoms with Crippen LogP contribution in [0.4, 0.5) is 0 Å².